The Morgan fingerprint density at radius 2 is 1.59 bits per heavy atom. The topological polar surface area (TPSA) is 19.0 Å². The van der Waals surface area contributed by atoms with Crippen LogP contribution in [0.2, 0.25) is 10.0 Å². The summed E-state index contributed by atoms with van der Waals surface area (Å²) in [5, 5.41) is 2.52. The molecule has 0 saturated carbocycles. The van der Waals surface area contributed by atoms with E-state index in [-0.39, 0.29) is 5.92 Å². The quantitative estimate of drug-likeness (QED) is 0.406. The highest BCUT2D eigenvalue weighted by molar-refractivity contribution is 6.35. The van der Waals surface area contributed by atoms with E-state index in [0.717, 1.165) is 11.1 Å². The van der Waals surface area contributed by atoms with E-state index in [1.54, 1.807) is 0 Å². The Labute approximate surface area is 169 Å². The molecule has 1 heterocycles. The Bertz CT molecular complexity index is 1080. The molecule has 0 aliphatic heterocycles. The van der Waals surface area contributed by atoms with Gasteiger partial charge in [-0.3, -0.25) is 0 Å². The molecule has 0 radical (unpaired) electrons. The lowest BCUT2D eigenvalue weighted by molar-refractivity contribution is 0.985. The first-order valence-corrected chi connectivity index (χ1v) is 9.58. The molecular weight excluding hydrogens is 375 g/mol. The molecule has 2 nitrogen and oxygen atoms in total. The Hall–Kier alpha value is -2.42. The van der Waals surface area contributed by atoms with Gasteiger partial charge in [-0.15, -0.1) is 0 Å². The van der Waals surface area contributed by atoms with E-state index in [1.807, 2.05) is 38.4 Å². The van der Waals surface area contributed by atoms with Gasteiger partial charge in [-0.1, -0.05) is 59.6 Å². The highest BCUT2D eigenvalue weighted by Gasteiger charge is 2.22. The van der Waals surface area contributed by atoms with E-state index in [2.05, 4.69) is 58.5 Å². The SMILES string of the molecule is CN(C)c1ccc(C(c2ccc(Cl)cc2Cl)c2c[nH]c3ccccc23)cc1. The van der Waals surface area contributed by atoms with Crippen LogP contribution in [-0.2, 0) is 0 Å². The summed E-state index contributed by atoms with van der Waals surface area (Å²) in [6.07, 6.45) is 2.08. The summed E-state index contributed by atoms with van der Waals surface area (Å²) >= 11 is 12.8. The minimum atomic E-state index is 0.0159. The number of hydrogen-bond acceptors (Lipinski definition) is 1. The minimum Gasteiger partial charge on any atom is -0.378 e. The van der Waals surface area contributed by atoms with Crippen molar-refractivity contribution in [3.05, 3.63) is 99.7 Å². The van der Waals surface area contributed by atoms with E-state index in [9.17, 15) is 0 Å². The molecule has 1 atom stereocenters. The minimum absolute atomic E-state index is 0.0159. The lowest BCUT2D eigenvalue weighted by Crippen LogP contribution is -2.09. The average molecular weight is 395 g/mol. The van der Waals surface area contributed by atoms with Gasteiger partial charge in [0.2, 0.25) is 0 Å². The predicted octanol–water partition coefficient (Wildman–Crippen LogP) is 6.72. The van der Waals surface area contributed by atoms with Gasteiger partial charge >= 0.3 is 0 Å². The summed E-state index contributed by atoms with van der Waals surface area (Å²) in [5.41, 5.74) is 5.72. The first-order chi connectivity index (χ1) is 13.0. The van der Waals surface area contributed by atoms with Gasteiger partial charge in [-0.25, -0.2) is 0 Å². The lowest BCUT2D eigenvalue weighted by atomic mass is 9.85. The molecule has 0 saturated heterocycles. The maximum absolute atomic E-state index is 6.62. The smallest absolute Gasteiger partial charge is 0.0462 e. The number of anilines is 1. The Kier molecular flexibility index (Phi) is 4.86. The van der Waals surface area contributed by atoms with E-state index >= 15 is 0 Å². The molecule has 0 aliphatic carbocycles. The van der Waals surface area contributed by atoms with E-state index in [1.165, 1.54) is 22.2 Å². The highest BCUT2D eigenvalue weighted by atomic mass is 35.5. The van der Waals surface area contributed by atoms with Gasteiger partial charge in [-0.05, 0) is 47.0 Å². The molecule has 1 N–H and O–H groups in total. The zero-order chi connectivity index (χ0) is 19.0. The van der Waals surface area contributed by atoms with Crippen LogP contribution in [0.3, 0.4) is 0 Å². The summed E-state index contributed by atoms with van der Waals surface area (Å²) in [5.74, 6) is 0.0159. The predicted molar refractivity (Wildman–Crippen MR) is 116 cm³/mol. The highest BCUT2D eigenvalue weighted by Crippen LogP contribution is 2.40. The van der Waals surface area contributed by atoms with Crippen molar-refractivity contribution in [2.75, 3.05) is 19.0 Å². The molecule has 0 aliphatic rings. The van der Waals surface area contributed by atoms with Gasteiger partial charge < -0.3 is 9.88 Å². The normalized spacial score (nSPS) is 12.3. The second kappa shape index (κ2) is 7.30. The van der Waals surface area contributed by atoms with Crippen molar-refractivity contribution in [2.24, 2.45) is 0 Å². The maximum Gasteiger partial charge on any atom is 0.0462 e. The molecule has 0 bridgehead atoms. The molecular formula is C23H20Cl2N2. The number of aromatic amines is 1. The first-order valence-electron chi connectivity index (χ1n) is 8.83. The molecule has 1 unspecified atom stereocenters. The van der Waals surface area contributed by atoms with Crippen molar-refractivity contribution in [1.82, 2.24) is 4.98 Å². The van der Waals surface area contributed by atoms with Crippen LogP contribution in [0.25, 0.3) is 10.9 Å². The molecule has 0 amide bonds. The van der Waals surface area contributed by atoms with Crippen LogP contribution in [-0.4, -0.2) is 19.1 Å². The van der Waals surface area contributed by atoms with Gasteiger partial charge in [0, 0.05) is 52.8 Å². The summed E-state index contributed by atoms with van der Waals surface area (Å²) in [6.45, 7) is 0. The molecule has 1 aromatic heterocycles. The number of hydrogen-bond donors (Lipinski definition) is 1. The third-order valence-corrected chi connectivity index (χ3v) is 5.51. The van der Waals surface area contributed by atoms with Crippen LogP contribution < -0.4 is 4.90 Å². The number of nitrogens with zero attached hydrogens (tertiary/aromatic N) is 1. The number of para-hydroxylation sites is 1. The fraction of sp³-hybridized carbons (Fsp3) is 0.130. The fourth-order valence-electron chi connectivity index (χ4n) is 3.56. The van der Waals surface area contributed by atoms with E-state index < -0.39 is 0 Å². The summed E-state index contributed by atoms with van der Waals surface area (Å²) in [7, 11) is 4.09. The molecule has 27 heavy (non-hydrogen) atoms. The van der Waals surface area contributed by atoms with Gasteiger partial charge in [0.15, 0.2) is 0 Å². The standard InChI is InChI=1S/C23H20Cl2N2/c1-27(2)17-10-7-15(8-11-17)23(19-12-9-16(24)13-21(19)25)20-14-26-22-6-4-3-5-18(20)22/h3-14,23,26H,1-2H3. The summed E-state index contributed by atoms with van der Waals surface area (Å²) in [6, 6.07) is 22.7. The molecule has 4 heteroatoms. The molecule has 0 spiro atoms. The van der Waals surface area contributed by atoms with Gasteiger partial charge in [0.25, 0.3) is 0 Å². The lowest BCUT2D eigenvalue weighted by Gasteiger charge is -2.21. The van der Waals surface area contributed by atoms with Crippen LogP contribution in [0.4, 0.5) is 5.69 Å². The number of H-pyrrole nitrogens is 1. The molecule has 4 aromatic rings. The largest absolute Gasteiger partial charge is 0.378 e. The Morgan fingerprint density at radius 3 is 2.30 bits per heavy atom. The number of halogens is 2. The second-order valence-electron chi connectivity index (χ2n) is 6.87. The third kappa shape index (κ3) is 3.43. The van der Waals surface area contributed by atoms with Gasteiger partial charge in [0.05, 0.1) is 0 Å². The summed E-state index contributed by atoms with van der Waals surface area (Å²) < 4.78 is 0. The van der Waals surface area contributed by atoms with Crippen LogP contribution >= 0.6 is 23.2 Å². The van der Waals surface area contributed by atoms with Crippen molar-refractivity contribution < 1.29 is 0 Å². The first kappa shape index (κ1) is 18.0. The number of rotatable bonds is 4. The molecule has 136 valence electrons. The van der Waals surface area contributed by atoms with Crippen LogP contribution in [0.15, 0.2) is 72.9 Å². The maximum atomic E-state index is 6.62. The van der Waals surface area contributed by atoms with Crippen LogP contribution in [0, 0.1) is 0 Å². The Morgan fingerprint density at radius 1 is 0.852 bits per heavy atom. The van der Waals surface area contributed by atoms with Crippen molar-refractivity contribution in [2.45, 2.75) is 5.92 Å². The van der Waals surface area contributed by atoms with Crippen molar-refractivity contribution in [3.8, 4) is 0 Å². The Balaban J connectivity index is 1.92. The monoisotopic (exact) mass is 394 g/mol. The molecule has 4 rings (SSSR count). The van der Waals surface area contributed by atoms with Gasteiger partial charge in [-0.2, -0.15) is 0 Å². The zero-order valence-electron chi connectivity index (χ0n) is 15.2. The average Bonchev–Trinajstić information content (AvgIpc) is 3.08. The van der Waals surface area contributed by atoms with E-state index in [4.69, 9.17) is 23.2 Å². The van der Waals surface area contributed by atoms with Crippen molar-refractivity contribution in [3.63, 3.8) is 0 Å². The van der Waals surface area contributed by atoms with Crippen LogP contribution in [0.1, 0.15) is 22.6 Å². The van der Waals surface area contributed by atoms with Crippen molar-refractivity contribution >= 4 is 39.8 Å². The zero-order valence-corrected chi connectivity index (χ0v) is 16.7. The molecule has 0 fully saturated rings. The third-order valence-electron chi connectivity index (χ3n) is 4.95. The van der Waals surface area contributed by atoms with E-state index in [0.29, 0.717) is 10.0 Å². The summed E-state index contributed by atoms with van der Waals surface area (Å²) in [4.78, 5) is 5.49. The fourth-order valence-corrected chi connectivity index (χ4v) is 4.08. The second-order valence-corrected chi connectivity index (χ2v) is 7.72. The van der Waals surface area contributed by atoms with Crippen molar-refractivity contribution in [1.29, 1.82) is 0 Å². The number of fused-ring (bicyclic) bond motifs is 1. The number of nitrogens with one attached hydrogen (secondary N) is 1. The van der Waals surface area contributed by atoms with Gasteiger partial charge in [0.1, 0.15) is 0 Å². The van der Waals surface area contributed by atoms with Crippen LogP contribution in [0.5, 0.6) is 0 Å². The number of benzene rings is 3. The number of aromatic nitrogens is 1. The molecule has 3 aromatic carbocycles.